The van der Waals surface area contributed by atoms with Crippen molar-refractivity contribution in [2.45, 2.75) is 38.2 Å². The van der Waals surface area contributed by atoms with E-state index in [0.717, 1.165) is 11.3 Å². The molecule has 2 N–H and O–H groups in total. The molecule has 0 saturated heterocycles. The third-order valence-electron chi connectivity index (χ3n) is 4.74. The third kappa shape index (κ3) is 3.86. The summed E-state index contributed by atoms with van der Waals surface area (Å²) in [7, 11) is 0. The van der Waals surface area contributed by atoms with Crippen LogP contribution >= 0.6 is 11.8 Å². The van der Waals surface area contributed by atoms with Crippen LogP contribution in [-0.2, 0) is 17.0 Å². The molecule has 0 radical (unpaired) electrons. The van der Waals surface area contributed by atoms with E-state index >= 15 is 0 Å². The lowest BCUT2D eigenvalue weighted by Gasteiger charge is -2.07. The molecular weight excluding hydrogens is 432 g/mol. The number of esters is 1. The van der Waals surface area contributed by atoms with Crippen LogP contribution in [0.15, 0.2) is 39.0 Å². The molecule has 0 aliphatic rings. The van der Waals surface area contributed by atoms with Gasteiger partial charge in [0.05, 0.1) is 29.6 Å². The van der Waals surface area contributed by atoms with Gasteiger partial charge >= 0.3 is 5.97 Å². The molecule has 4 rings (SSSR count). The van der Waals surface area contributed by atoms with E-state index < -0.39 is 5.97 Å². The van der Waals surface area contributed by atoms with E-state index in [1.165, 1.54) is 11.8 Å². The minimum atomic E-state index is -0.513. The highest BCUT2D eigenvalue weighted by Gasteiger charge is 2.24. The Hall–Kier alpha value is -3.60. The van der Waals surface area contributed by atoms with Crippen LogP contribution in [0, 0.1) is 13.8 Å². The summed E-state index contributed by atoms with van der Waals surface area (Å²) >= 11 is 1.40. The number of hydrogen-bond acceptors (Lipinski definition) is 10. The first-order valence-electron chi connectivity index (χ1n) is 9.88. The van der Waals surface area contributed by atoms with Crippen LogP contribution in [0.4, 0.5) is 5.82 Å². The van der Waals surface area contributed by atoms with Gasteiger partial charge in [-0.15, -0.1) is 16.8 Å². The molecule has 10 nitrogen and oxygen atoms in total. The highest BCUT2D eigenvalue weighted by molar-refractivity contribution is 7.98. The largest absolute Gasteiger partial charge is 0.469 e. The van der Waals surface area contributed by atoms with Gasteiger partial charge < -0.3 is 19.3 Å². The van der Waals surface area contributed by atoms with Crippen LogP contribution in [-0.4, -0.2) is 37.3 Å². The van der Waals surface area contributed by atoms with E-state index in [4.69, 9.17) is 19.3 Å². The first-order valence-corrected chi connectivity index (χ1v) is 10.9. The van der Waals surface area contributed by atoms with Gasteiger partial charge in [0.2, 0.25) is 5.71 Å². The fourth-order valence-electron chi connectivity index (χ4n) is 3.33. The maximum atomic E-state index is 12.3. The van der Waals surface area contributed by atoms with Crippen LogP contribution in [0.5, 0.6) is 0 Å². The van der Waals surface area contributed by atoms with Gasteiger partial charge in [-0.2, -0.15) is 4.98 Å². The minimum Gasteiger partial charge on any atom is -0.469 e. The Morgan fingerprint density at radius 3 is 2.81 bits per heavy atom. The lowest BCUT2D eigenvalue weighted by Crippen LogP contribution is -2.07. The molecule has 4 aromatic heterocycles. The van der Waals surface area contributed by atoms with Crippen LogP contribution in [0.2, 0.25) is 0 Å². The summed E-state index contributed by atoms with van der Waals surface area (Å²) in [6.45, 7) is 9.86. The number of aryl methyl sites for hydroxylation is 2. The number of thioether (sulfide) groups is 1. The Morgan fingerprint density at radius 1 is 1.31 bits per heavy atom. The van der Waals surface area contributed by atoms with Crippen molar-refractivity contribution >= 4 is 34.6 Å². The summed E-state index contributed by atoms with van der Waals surface area (Å²) < 4.78 is 18.1. The summed E-state index contributed by atoms with van der Waals surface area (Å²) in [4.78, 5) is 21.1. The number of carbonyl (C=O) groups is 1. The molecule has 0 bridgehead atoms. The summed E-state index contributed by atoms with van der Waals surface area (Å²) in [5.74, 6) is 2.29. The second-order valence-electron chi connectivity index (χ2n) is 6.84. The lowest BCUT2D eigenvalue weighted by molar-refractivity contribution is 0.0526. The maximum Gasteiger partial charge on any atom is 0.342 e. The molecule has 0 aromatic carbocycles. The molecule has 0 aliphatic carbocycles. The average molecular weight is 455 g/mol. The van der Waals surface area contributed by atoms with Gasteiger partial charge in [-0.1, -0.05) is 17.8 Å². The maximum absolute atomic E-state index is 12.3. The highest BCUT2D eigenvalue weighted by atomic mass is 32.2. The Morgan fingerprint density at radius 2 is 2.12 bits per heavy atom. The number of nitrogens with zero attached hydrogens (tertiary/aromatic N) is 5. The van der Waals surface area contributed by atoms with Crippen molar-refractivity contribution < 1.29 is 18.4 Å². The van der Waals surface area contributed by atoms with E-state index in [0.29, 0.717) is 40.2 Å². The zero-order valence-electron chi connectivity index (χ0n) is 17.9. The highest BCUT2D eigenvalue weighted by Crippen LogP contribution is 2.31. The van der Waals surface area contributed by atoms with E-state index in [1.807, 2.05) is 17.6 Å². The standard InChI is InChI=1S/C21H22N6O4S/c1-5-8-27-18(13-7-9-30-11(13)3)25-26-21(27)32-10-14-23-17(22)16-15(20(28)29-6-2)12(4)31-19(16)24-14/h5,7,9H,1,6,8,10H2,2-4H3,(H2,22,23,24). The first-order chi connectivity index (χ1) is 15.4. The number of fused-ring (bicyclic) bond motifs is 1. The Labute approximate surface area is 187 Å². The summed E-state index contributed by atoms with van der Waals surface area (Å²) in [6.07, 6.45) is 3.39. The molecule has 0 spiro atoms. The second kappa shape index (κ2) is 8.87. The van der Waals surface area contributed by atoms with Crippen LogP contribution in [0.25, 0.3) is 22.5 Å². The third-order valence-corrected chi connectivity index (χ3v) is 5.70. The van der Waals surface area contributed by atoms with Gasteiger partial charge in [0.25, 0.3) is 0 Å². The topological polar surface area (TPSA) is 135 Å². The van der Waals surface area contributed by atoms with Gasteiger partial charge in [-0.3, -0.25) is 4.57 Å². The molecule has 0 fully saturated rings. The summed E-state index contributed by atoms with van der Waals surface area (Å²) in [5.41, 5.74) is 7.52. The molecule has 4 aromatic rings. The number of nitrogen functional groups attached to an aromatic ring is 1. The molecule has 166 valence electrons. The van der Waals surface area contributed by atoms with Gasteiger partial charge in [0, 0.05) is 6.54 Å². The molecular formula is C21H22N6O4S. The lowest BCUT2D eigenvalue weighted by atomic mass is 10.2. The smallest absolute Gasteiger partial charge is 0.342 e. The van der Waals surface area contributed by atoms with Crippen LogP contribution < -0.4 is 5.73 Å². The number of allylic oxidation sites excluding steroid dienone is 1. The number of hydrogen-bond donors (Lipinski definition) is 1. The molecule has 4 heterocycles. The minimum absolute atomic E-state index is 0.160. The van der Waals surface area contributed by atoms with Crippen molar-refractivity contribution in [3.63, 3.8) is 0 Å². The van der Waals surface area contributed by atoms with Crippen LogP contribution in [0.1, 0.15) is 34.6 Å². The fourth-order valence-corrected chi connectivity index (χ4v) is 4.13. The van der Waals surface area contributed by atoms with E-state index in [2.05, 4.69) is 26.7 Å². The van der Waals surface area contributed by atoms with Gasteiger partial charge in [-0.25, -0.2) is 9.78 Å². The van der Waals surface area contributed by atoms with Crippen molar-refractivity contribution in [1.29, 1.82) is 0 Å². The molecule has 0 amide bonds. The predicted molar refractivity (Wildman–Crippen MR) is 119 cm³/mol. The number of aromatic nitrogens is 5. The summed E-state index contributed by atoms with van der Waals surface area (Å²) in [6, 6.07) is 1.85. The fraction of sp³-hybridized carbons (Fsp3) is 0.286. The van der Waals surface area contributed by atoms with E-state index in [-0.39, 0.29) is 23.7 Å². The molecule has 0 saturated carbocycles. The Balaban J connectivity index is 1.63. The van der Waals surface area contributed by atoms with Gasteiger partial charge in [-0.05, 0) is 26.8 Å². The summed E-state index contributed by atoms with van der Waals surface area (Å²) in [5, 5.41) is 9.66. The normalized spacial score (nSPS) is 11.2. The quantitative estimate of drug-likeness (QED) is 0.237. The molecule has 0 unspecified atom stereocenters. The van der Waals surface area contributed by atoms with Crippen molar-refractivity contribution in [3.05, 3.63) is 47.9 Å². The van der Waals surface area contributed by atoms with Crippen molar-refractivity contribution in [3.8, 4) is 11.4 Å². The number of furan rings is 2. The second-order valence-corrected chi connectivity index (χ2v) is 7.79. The first kappa shape index (κ1) is 21.6. The zero-order valence-corrected chi connectivity index (χ0v) is 18.7. The predicted octanol–water partition coefficient (Wildman–Crippen LogP) is 3.93. The Kier molecular flexibility index (Phi) is 5.99. The van der Waals surface area contributed by atoms with Crippen molar-refractivity contribution in [1.82, 2.24) is 24.7 Å². The zero-order chi connectivity index (χ0) is 22.8. The molecule has 0 atom stereocenters. The molecule has 11 heteroatoms. The van der Waals surface area contributed by atoms with E-state index in [1.54, 1.807) is 26.2 Å². The number of anilines is 1. The molecule has 0 aliphatic heterocycles. The number of rotatable bonds is 8. The Bertz CT molecular complexity index is 1310. The van der Waals surface area contributed by atoms with E-state index in [9.17, 15) is 4.79 Å². The number of ether oxygens (including phenoxy) is 1. The van der Waals surface area contributed by atoms with Crippen molar-refractivity contribution in [2.75, 3.05) is 12.3 Å². The van der Waals surface area contributed by atoms with Crippen LogP contribution in [0.3, 0.4) is 0 Å². The monoisotopic (exact) mass is 454 g/mol. The number of carbonyl (C=O) groups excluding carboxylic acids is 1. The average Bonchev–Trinajstić information content (AvgIpc) is 3.43. The van der Waals surface area contributed by atoms with Gasteiger partial charge in [0.1, 0.15) is 28.7 Å². The molecule has 32 heavy (non-hydrogen) atoms. The van der Waals surface area contributed by atoms with Crippen molar-refractivity contribution in [2.24, 2.45) is 0 Å². The SMILES string of the molecule is C=CCn1c(SCc2nc(N)c3c(C(=O)OCC)c(C)oc3n2)nnc1-c1ccoc1C. The number of nitrogens with two attached hydrogens (primary N) is 1. The van der Waals surface area contributed by atoms with Gasteiger partial charge in [0.15, 0.2) is 11.0 Å².